The summed E-state index contributed by atoms with van der Waals surface area (Å²) in [4.78, 5) is 71.7. The van der Waals surface area contributed by atoms with E-state index in [0.29, 0.717) is 31.7 Å². The van der Waals surface area contributed by atoms with Crippen LogP contribution in [0.3, 0.4) is 0 Å². The van der Waals surface area contributed by atoms with E-state index >= 15 is 0 Å². The Balaban J connectivity index is 0.000000390. The second-order valence-corrected chi connectivity index (χ2v) is 13.4. The van der Waals surface area contributed by atoms with Gasteiger partial charge in [0.25, 0.3) is 5.91 Å². The van der Waals surface area contributed by atoms with Gasteiger partial charge in [-0.15, -0.1) is 6.58 Å². The number of hydrogen-bond acceptors (Lipinski definition) is 8. The Hall–Kier alpha value is -3.28. The molecule has 0 bridgehead atoms. The van der Waals surface area contributed by atoms with Crippen LogP contribution in [0.2, 0.25) is 0 Å². The Morgan fingerprint density at radius 3 is 2.00 bits per heavy atom. The molecule has 1 heterocycles. The molecule has 1 saturated heterocycles. The van der Waals surface area contributed by atoms with Crippen molar-refractivity contribution in [2.24, 2.45) is 11.3 Å². The van der Waals surface area contributed by atoms with Crippen LogP contribution < -0.4 is 21.3 Å². The first-order chi connectivity index (χ1) is 21.8. The van der Waals surface area contributed by atoms with Crippen molar-refractivity contribution in [2.75, 3.05) is 33.3 Å². The van der Waals surface area contributed by atoms with E-state index < -0.39 is 35.8 Å². The van der Waals surface area contributed by atoms with Gasteiger partial charge >= 0.3 is 12.0 Å². The number of nitrogens with one attached hydrogen (secondary N) is 4. The predicted molar refractivity (Wildman–Crippen MR) is 178 cm³/mol. The molecule has 4 amide bonds. The molecule has 3 rings (SSSR count). The van der Waals surface area contributed by atoms with E-state index in [1.807, 2.05) is 39.6 Å². The minimum absolute atomic E-state index is 0.168. The van der Waals surface area contributed by atoms with Crippen LogP contribution in [-0.2, 0) is 28.7 Å². The molecule has 12 heteroatoms. The Kier molecular flexibility index (Phi) is 19.7. The number of amides is 4. The molecule has 4 N–H and O–H groups in total. The number of rotatable bonds is 14. The van der Waals surface area contributed by atoms with E-state index in [9.17, 15) is 28.8 Å². The number of likely N-dealkylation sites (tertiary alicyclic amines) is 1. The fourth-order valence-electron chi connectivity index (χ4n) is 4.88. The fourth-order valence-corrected chi connectivity index (χ4v) is 4.88. The van der Waals surface area contributed by atoms with Crippen molar-refractivity contribution in [3.05, 3.63) is 12.7 Å². The Bertz CT molecular complexity index is 977. The van der Waals surface area contributed by atoms with Gasteiger partial charge in [-0.25, -0.2) is 4.79 Å². The van der Waals surface area contributed by atoms with Crippen molar-refractivity contribution in [1.29, 1.82) is 0 Å². The Labute approximate surface area is 275 Å². The lowest BCUT2D eigenvalue weighted by Crippen LogP contribution is -2.51. The molecule has 1 aliphatic heterocycles. The lowest BCUT2D eigenvalue weighted by atomic mass is 9.88. The van der Waals surface area contributed by atoms with Gasteiger partial charge in [0.2, 0.25) is 11.7 Å². The molecule has 2 aliphatic carbocycles. The first kappa shape index (κ1) is 40.7. The van der Waals surface area contributed by atoms with Gasteiger partial charge in [-0.05, 0) is 57.0 Å². The fraction of sp³-hybridized carbons (Fsp3) is 0.765. The van der Waals surface area contributed by atoms with Crippen molar-refractivity contribution in [3.63, 3.8) is 0 Å². The van der Waals surface area contributed by atoms with Crippen LogP contribution in [0.4, 0.5) is 4.79 Å². The maximum absolute atomic E-state index is 12.2. The molecular formula is C34H59N5O7. The maximum Gasteiger partial charge on any atom is 0.325 e. The van der Waals surface area contributed by atoms with Crippen LogP contribution in [-0.4, -0.2) is 92.2 Å². The molecule has 12 nitrogen and oxygen atoms in total. The lowest BCUT2D eigenvalue weighted by molar-refractivity contribution is -0.142. The summed E-state index contributed by atoms with van der Waals surface area (Å²) in [5.41, 5.74) is -0.369. The maximum atomic E-state index is 12.2. The van der Waals surface area contributed by atoms with E-state index in [1.54, 1.807) is 0 Å². The molecule has 46 heavy (non-hydrogen) atoms. The topological polar surface area (TPSA) is 163 Å². The minimum atomic E-state index is -0.749. The summed E-state index contributed by atoms with van der Waals surface area (Å²) in [5.74, 6) is -1.39. The van der Waals surface area contributed by atoms with Crippen LogP contribution in [0.5, 0.6) is 0 Å². The molecule has 0 radical (unpaired) electrons. The van der Waals surface area contributed by atoms with Gasteiger partial charge in [0.05, 0.1) is 24.7 Å². The van der Waals surface area contributed by atoms with E-state index in [-0.39, 0.29) is 30.5 Å². The van der Waals surface area contributed by atoms with Crippen molar-refractivity contribution in [3.8, 4) is 0 Å². The smallest absolute Gasteiger partial charge is 0.325 e. The SMILES string of the molecule is C1CCCCC1.C=CCNC(=O)C(=O)C(CCC)NC(=O)C1CCCN1C.CC(C)(C)C(C=O)NC(=O)NCC(=O)OCC1CC1. The summed E-state index contributed by atoms with van der Waals surface area (Å²) >= 11 is 0. The molecule has 0 aromatic heterocycles. The van der Waals surface area contributed by atoms with Crippen LogP contribution in [0.25, 0.3) is 0 Å². The number of carbonyl (C=O) groups is 6. The third kappa shape index (κ3) is 17.4. The zero-order valence-electron chi connectivity index (χ0n) is 28.8. The second kappa shape index (κ2) is 22.3. The second-order valence-electron chi connectivity index (χ2n) is 13.4. The van der Waals surface area contributed by atoms with Crippen LogP contribution in [0.1, 0.15) is 105 Å². The molecule has 0 aromatic rings. The van der Waals surface area contributed by atoms with Gasteiger partial charge in [0.1, 0.15) is 12.8 Å². The molecule has 3 atom stereocenters. The predicted octanol–water partition coefficient (Wildman–Crippen LogP) is 3.43. The van der Waals surface area contributed by atoms with Gasteiger partial charge in [-0.2, -0.15) is 0 Å². The van der Waals surface area contributed by atoms with Crippen molar-refractivity contribution >= 4 is 35.9 Å². The number of nitrogens with zero attached hydrogens (tertiary/aromatic N) is 1. The van der Waals surface area contributed by atoms with Gasteiger partial charge in [-0.1, -0.05) is 78.7 Å². The monoisotopic (exact) mass is 649 g/mol. The highest BCUT2D eigenvalue weighted by atomic mass is 16.5. The number of likely N-dealkylation sites (N-methyl/N-ethyl adjacent to an activating group) is 1. The summed E-state index contributed by atoms with van der Waals surface area (Å²) in [5, 5.41) is 10.1. The lowest BCUT2D eigenvalue weighted by Gasteiger charge is -2.26. The molecule has 2 saturated carbocycles. The number of Topliss-reactive ketones (excluding diaryl/α,β-unsaturated/α-hetero) is 1. The summed E-state index contributed by atoms with van der Waals surface area (Å²) in [6, 6.07) is -2.10. The first-order valence-electron chi connectivity index (χ1n) is 16.9. The van der Waals surface area contributed by atoms with Gasteiger partial charge < -0.3 is 30.8 Å². The summed E-state index contributed by atoms with van der Waals surface area (Å²) in [7, 11) is 1.89. The summed E-state index contributed by atoms with van der Waals surface area (Å²) in [6.07, 6.45) is 16.3. The normalized spacial score (nSPS) is 18.9. The molecule has 0 aromatic carbocycles. The molecule has 3 unspecified atom stereocenters. The van der Waals surface area contributed by atoms with E-state index in [1.165, 1.54) is 44.6 Å². The zero-order valence-corrected chi connectivity index (χ0v) is 28.8. The van der Waals surface area contributed by atoms with Crippen LogP contribution >= 0.6 is 0 Å². The standard InChI is InChI=1S/C15H25N3O3.C13H22N2O4.C6H12/c1-4-7-11(13(19)15(21)16-9-5-2)17-14(20)12-8-6-10-18(12)3;1-13(2,3)10(7-16)15-12(18)14-6-11(17)19-8-9-4-5-9;1-2-4-6-5-3-1/h5,11-12H,2,4,6-10H2,1,3H3,(H,16,21)(H,17,20);7,9-10H,4-6,8H2,1-3H3,(H2,14,15,18);1-6H2. The number of urea groups is 1. The van der Waals surface area contributed by atoms with E-state index in [4.69, 9.17) is 4.74 Å². The number of aldehydes is 1. The zero-order chi connectivity index (χ0) is 34.5. The van der Waals surface area contributed by atoms with Gasteiger partial charge in [0.15, 0.2) is 0 Å². The summed E-state index contributed by atoms with van der Waals surface area (Å²) in [6.45, 7) is 12.3. The van der Waals surface area contributed by atoms with Crippen molar-refractivity contribution in [1.82, 2.24) is 26.2 Å². The molecule has 0 spiro atoms. The Morgan fingerprint density at radius 2 is 1.54 bits per heavy atom. The van der Waals surface area contributed by atoms with E-state index in [0.717, 1.165) is 32.2 Å². The van der Waals surface area contributed by atoms with Gasteiger partial charge in [0, 0.05) is 6.54 Å². The van der Waals surface area contributed by atoms with E-state index in [2.05, 4.69) is 27.8 Å². The van der Waals surface area contributed by atoms with Crippen LogP contribution in [0.15, 0.2) is 12.7 Å². The third-order valence-corrected chi connectivity index (χ3v) is 8.09. The number of esters is 1. The largest absolute Gasteiger partial charge is 0.464 e. The highest BCUT2D eigenvalue weighted by Gasteiger charge is 2.32. The molecule has 3 fully saturated rings. The highest BCUT2D eigenvalue weighted by molar-refractivity contribution is 6.38. The highest BCUT2D eigenvalue weighted by Crippen LogP contribution is 2.28. The molecule has 262 valence electrons. The quantitative estimate of drug-likeness (QED) is 0.0963. The Morgan fingerprint density at radius 1 is 0.935 bits per heavy atom. The van der Waals surface area contributed by atoms with Gasteiger partial charge in [-0.3, -0.25) is 24.1 Å². The minimum Gasteiger partial charge on any atom is -0.464 e. The first-order valence-corrected chi connectivity index (χ1v) is 16.9. The van der Waals surface area contributed by atoms with Crippen molar-refractivity contribution in [2.45, 2.75) is 123 Å². The average Bonchev–Trinajstić information content (AvgIpc) is 3.77. The third-order valence-electron chi connectivity index (χ3n) is 8.09. The van der Waals surface area contributed by atoms with Crippen molar-refractivity contribution < 1.29 is 33.5 Å². The molecule has 3 aliphatic rings. The number of hydrogen-bond donors (Lipinski definition) is 4. The van der Waals surface area contributed by atoms with Crippen LogP contribution in [0, 0.1) is 11.3 Å². The average molecular weight is 650 g/mol. The summed E-state index contributed by atoms with van der Waals surface area (Å²) < 4.78 is 4.96. The number of ketones is 1. The number of ether oxygens (including phenoxy) is 1. The molecular weight excluding hydrogens is 590 g/mol. The number of carbonyl (C=O) groups excluding carboxylic acids is 6.